The van der Waals surface area contributed by atoms with Crippen LogP contribution in [-0.4, -0.2) is 11.1 Å². The van der Waals surface area contributed by atoms with Crippen molar-refractivity contribution >= 4 is 28.6 Å². The van der Waals surface area contributed by atoms with Crippen molar-refractivity contribution in [2.45, 2.75) is 6.61 Å². The van der Waals surface area contributed by atoms with Crippen molar-refractivity contribution in [2.24, 2.45) is 4.99 Å². The first kappa shape index (κ1) is 15.8. The maximum absolute atomic E-state index is 12.2. The van der Waals surface area contributed by atoms with E-state index >= 15 is 0 Å². The number of hydrogen-bond donors (Lipinski definition) is 1. The minimum absolute atomic E-state index is 0.259. The van der Waals surface area contributed by atoms with Crippen LogP contribution in [0.1, 0.15) is 11.1 Å². The van der Waals surface area contributed by atoms with E-state index in [1.54, 1.807) is 6.19 Å². The summed E-state index contributed by atoms with van der Waals surface area (Å²) < 4.78 is 5.96. The molecule has 1 aliphatic heterocycles. The molecule has 0 saturated carbocycles. The number of hydrogen-bond acceptors (Lipinski definition) is 5. The van der Waals surface area contributed by atoms with Crippen LogP contribution < -0.4 is 5.32 Å². The Bertz CT molecular complexity index is 840. The first-order valence-electron chi connectivity index (χ1n) is 7.20. The molecular formula is C18H13N3O2S. The highest BCUT2D eigenvalue weighted by molar-refractivity contribution is 8.18. The molecule has 24 heavy (non-hydrogen) atoms. The molecule has 1 amide bonds. The minimum Gasteiger partial charge on any atom is -0.487 e. The second kappa shape index (κ2) is 7.49. The van der Waals surface area contributed by atoms with Crippen molar-refractivity contribution in [3.8, 4) is 6.19 Å². The van der Waals surface area contributed by atoms with Gasteiger partial charge in [0.1, 0.15) is 17.3 Å². The zero-order valence-corrected chi connectivity index (χ0v) is 13.4. The number of carbonyl (C=O) groups is 1. The van der Waals surface area contributed by atoms with E-state index in [0.29, 0.717) is 17.3 Å². The Labute approximate surface area is 143 Å². The highest BCUT2D eigenvalue weighted by Crippen LogP contribution is 2.33. The molecule has 0 aliphatic carbocycles. The van der Waals surface area contributed by atoms with Gasteiger partial charge >= 0.3 is 0 Å². The zero-order valence-electron chi connectivity index (χ0n) is 12.6. The number of nitriles is 1. The van der Waals surface area contributed by atoms with Crippen molar-refractivity contribution in [3.05, 3.63) is 76.7 Å². The van der Waals surface area contributed by atoms with E-state index in [2.05, 4.69) is 10.3 Å². The number of nitrogens with one attached hydrogen (secondary N) is 1. The predicted octanol–water partition coefficient (Wildman–Crippen LogP) is 3.27. The van der Waals surface area contributed by atoms with Gasteiger partial charge in [-0.2, -0.15) is 5.26 Å². The standard InChI is InChI=1S/C18H13N3O2S/c19-12-20-18-21-17(22)16(24-18)15(14-9-5-2-6-10-14)23-11-13-7-3-1-4-8-13/h1-10H,11H2,(H,20,21,22). The molecule has 1 aliphatic rings. The summed E-state index contributed by atoms with van der Waals surface area (Å²) in [4.78, 5) is 16.2. The number of amidine groups is 1. The van der Waals surface area contributed by atoms with Gasteiger partial charge in [-0.15, -0.1) is 4.99 Å². The molecule has 6 heteroatoms. The van der Waals surface area contributed by atoms with Crippen molar-refractivity contribution in [1.82, 2.24) is 5.32 Å². The molecule has 0 aromatic heterocycles. The second-order valence-electron chi connectivity index (χ2n) is 4.87. The van der Waals surface area contributed by atoms with Gasteiger partial charge in [0, 0.05) is 5.56 Å². The summed E-state index contributed by atoms with van der Waals surface area (Å²) in [5, 5.41) is 11.5. The Hall–Kier alpha value is -3.04. The average molecular weight is 335 g/mol. The Morgan fingerprint density at radius 2 is 1.79 bits per heavy atom. The molecule has 5 nitrogen and oxygen atoms in total. The fourth-order valence-corrected chi connectivity index (χ4v) is 3.00. The summed E-state index contributed by atoms with van der Waals surface area (Å²) >= 11 is 1.10. The molecule has 2 aromatic rings. The molecule has 3 rings (SSSR count). The fraction of sp³-hybridized carbons (Fsp3) is 0.0556. The van der Waals surface area contributed by atoms with E-state index in [0.717, 1.165) is 22.9 Å². The van der Waals surface area contributed by atoms with Crippen LogP contribution in [0.15, 0.2) is 70.6 Å². The first-order chi connectivity index (χ1) is 11.8. The van der Waals surface area contributed by atoms with E-state index in [1.807, 2.05) is 60.7 Å². The van der Waals surface area contributed by atoms with Gasteiger partial charge in [0.25, 0.3) is 5.91 Å². The first-order valence-corrected chi connectivity index (χ1v) is 8.02. The summed E-state index contributed by atoms with van der Waals surface area (Å²) in [6, 6.07) is 19.1. The monoisotopic (exact) mass is 335 g/mol. The molecule has 0 atom stereocenters. The quantitative estimate of drug-likeness (QED) is 0.529. The minimum atomic E-state index is -0.319. The van der Waals surface area contributed by atoms with Crippen LogP contribution in [0.4, 0.5) is 0 Å². The summed E-state index contributed by atoms with van der Waals surface area (Å²) in [5.41, 5.74) is 1.80. The molecule has 2 aromatic carbocycles. The number of amides is 1. The number of aliphatic imine (C=N–C) groups is 1. The smallest absolute Gasteiger partial charge is 0.267 e. The SMILES string of the molecule is N#CN=C1NC(=O)C(=C(OCc2ccccc2)c2ccccc2)S1. The maximum Gasteiger partial charge on any atom is 0.267 e. The Morgan fingerprint density at radius 3 is 2.46 bits per heavy atom. The molecule has 0 unspecified atom stereocenters. The molecule has 1 N–H and O–H groups in total. The molecule has 0 radical (unpaired) electrons. The normalized spacial score (nSPS) is 17.3. The van der Waals surface area contributed by atoms with Crippen LogP contribution >= 0.6 is 11.8 Å². The Kier molecular flexibility index (Phi) is 4.94. The lowest BCUT2D eigenvalue weighted by atomic mass is 10.1. The van der Waals surface area contributed by atoms with Gasteiger partial charge in [0.2, 0.25) is 6.19 Å². The van der Waals surface area contributed by atoms with Gasteiger partial charge in [-0.3, -0.25) is 10.1 Å². The maximum atomic E-state index is 12.2. The van der Waals surface area contributed by atoms with Crippen molar-refractivity contribution in [2.75, 3.05) is 0 Å². The zero-order chi connectivity index (χ0) is 16.8. The van der Waals surface area contributed by atoms with Gasteiger partial charge in [-0.1, -0.05) is 60.7 Å². The van der Waals surface area contributed by atoms with Crippen LogP contribution in [-0.2, 0) is 16.1 Å². The van der Waals surface area contributed by atoms with Crippen LogP contribution in [0.3, 0.4) is 0 Å². The highest BCUT2D eigenvalue weighted by Gasteiger charge is 2.29. The fourth-order valence-electron chi connectivity index (χ4n) is 2.17. The molecule has 1 saturated heterocycles. The lowest BCUT2D eigenvalue weighted by Crippen LogP contribution is -2.20. The van der Waals surface area contributed by atoms with Crippen LogP contribution in [0.5, 0.6) is 0 Å². The molecule has 118 valence electrons. The summed E-state index contributed by atoms with van der Waals surface area (Å²) in [6.45, 7) is 0.340. The molecule has 1 fully saturated rings. The van der Waals surface area contributed by atoms with Crippen molar-refractivity contribution in [1.29, 1.82) is 5.26 Å². The van der Waals surface area contributed by atoms with E-state index < -0.39 is 0 Å². The lowest BCUT2D eigenvalue weighted by Gasteiger charge is -2.12. The largest absolute Gasteiger partial charge is 0.487 e. The molecule has 1 heterocycles. The van der Waals surface area contributed by atoms with E-state index in [4.69, 9.17) is 10.00 Å². The van der Waals surface area contributed by atoms with E-state index in [9.17, 15) is 4.79 Å². The van der Waals surface area contributed by atoms with Gasteiger partial charge in [0.15, 0.2) is 5.17 Å². The molecule has 0 bridgehead atoms. The number of ether oxygens (including phenoxy) is 1. The average Bonchev–Trinajstić information content (AvgIpc) is 2.98. The summed E-state index contributed by atoms with van der Waals surface area (Å²) in [6.07, 6.45) is 1.68. The molecule has 0 spiro atoms. The number of nitrogens with zero attached hydrogens (tertiary/aromatic N) is 2. The van der Waals surface area contributed by atoms with Gasteiger partial charge in [0.05, 0.1) is 0 Å². The highest BCUT2D eigenvalue weighted by atomic mass is 32.2. The lowest BCUT2D eigenvalue weighted by molar-refractivity contribution is -0.115. The number of thioether (sulfide) groups is 1. The van der Waals surface area contributed by atoms with Crippen LogP contribution in [0.2, 0.25) is 0 Å². The number of carbonyl (C=O) groups excluding carboxylic acids is 1. The summed E-state index contributed by atoms with van der Waals surface area (Å²) in [5.74, 6) is 0.158. The molecular weight excluding hydrogens is 322 g/mol. The third-order valence-electron chi connectivity index (χ3n) is 3.25. The topological polar surface area (TPSA) is 74.5 Å². The van der Waals surface area contributed by atoms with Crippen molar-refractivity contribution in [3.63, 3.8) is 0 Å². The second-order valence-corrected chi connectivity index (χ2v) is 5.87. The third-order valence-corrected chi connectivity index (χ3v) is 4.21. The summed E-state index contributed by atoms with van der Waals surface area (Å²) in [7, 11) is 0. The van der Waals surface area contributed by atoms with Crippen LogP contribution in [0.25, 0.3) is 5.76 Å². The predicted molar refractivity (Wildman–Crippen MR) is 93.4 cm³/mol. The number of benzene rings is 2. The Morgan fingerprint density at radius 1 is 1.12 bits per heavy atom. The van der Waals surface area contributed by atoms with Crippen molar-refractivity contribution < 1.29 is 9.53 Å². The van der Waals surface area contributed by atoms with Crippen LogP contribution in [0, 0.1) is 11.5 Å². The van der Waals surface area contributed by atoms with E-state index in [-0.39, 0.29) is 11.1 Å². The van der Waals surface area contributed by atoms with E-state index in [1.165, 1.54) is 0 Å². The van der Waals surface area contributed by atoms with Gasteiger partial charge in [-0.25, -0.2) is 0 Å². The third kappa shape index (κ3) is 3.65. The van der Waals surface area contributed by atoms with Gasteiger partial charge in [-0.05, 0) is 17.3 Å². The number of rotatable bonds is 4. The van der Waals surface area contributed by atoms with Gasteiger partial charge < -0.3 is 4.74 Å². The Balaban J connectivity index is 1.94.